The molecule has 3 nitrogen and oxygen atoms in total. The zero-order valence-electron chi connectivity index (χ0n) is 13.3. The van der Waals surface area contributed by atoms with Crippen LogP contribution in [0.1, 0.15) is 77.6 Å². The summed E-state index contributed by atoms with van der Waals surface area (Å²) < 4.78 is 0. The van der Waals surface area contributed by atoms with Gasteiger partial charge in [-0.3, -0.25) is 4.79 Å². The van der Waals surface area contributed by atoms with Gasteiger partial charge in [-0.15, -0.1) is 0 Å². The van der Waals surface area contributed by atoms with Crippen molar-refractivity contribution in [1.82, 2.24) is 5.32 Å². The monoisotopic (exact) mass is 283 g/mol. The second kappa shape index (κ2) is 14.6. The maximum atomic E-state index is 11.2. The molecule has 0 fully saturated rings. The van der Waals surface area contributed by atoms with Crippen molar-refractivity contribution in [2.75, 3.05) is 13.2 Å². The van der Waals surface area contributed by atoms with E-state index in [9.17, 15) is 4.79 Å². The normalized spacial score (nSPS) is 10.5. The van der Waals surface area contributed by atoms with Crippen LogP contribution >= 0.6 is 0 Å². The first-order valence-electron chi connectivity index (χ1n) is 8.23. The molecule has 1 amide bonds. The largest absolute Gasteiger partial charge is 0.396 e. The fraction of sp³-hybridized carbons (Fsp3) is 0.824. The fourth-order valence-electron chi connectivity index (χ4n) is 2.18. The van der Waals surface area contributed by atoms with E-state index in [-0.39, 0.29) is 5.91 Å². The van der Waals surface area contributed by atoms with E-state index in [1.54, 1.807) is 6.92 Å². The molecule has 0 atom stereocenters. The highest BCUT2D eigenvalue weighted by Crippen LogP contribution is 2.11. The average Bonchev–Trinajstić information content (AvgIpc) is 2.43. The predicted octanol–water partition coefficient (Wildman–Crippen LogP) is 3.96. The van der Waals surface area contributed by atoms with Crippen molar-refractivity contribution in [3.8, 4) is 0 Å². The Morgan fingerprint density at radius 3 is 1.65 bits per heavy atom. The molecule has 20 heavy (non-hydrogen) atoms. The molecule has 0 aliphatic heterocycles. The molecule has 3 heteroatoms. The van der Waals surface area contributed by atoms with E-state index in [0.29, 0.717) is 12.2 Å². The SMILES string of the molecule is C=C(C)C(=O)NCCCCCCCCCCCCCO. The Kier molecular flexibility index (Phi) is 14.0. The topological polar surface area (TPSA) is 49.3 Å². The molecule has 0 aromatic heterocycles. The van der Waals surface area contributed by atoms with Gasteiger partial charge in [0.05, 0.1) is 0 Å². The number of carbonyl (C=O) groups excluding carboxylic acids is 1. The number of aliphatic hydroxyl groups excluding tert-OH is 1. The molecule has 0 saturated heterocycles. The van der Waals surface area contributed by atoms with E-state index < -0.39 is 0 Å². The third-order valence-electron chi connectivity index (χ3n) is 3.51. The molecule has 118 valence electrons. The Morgan fingerprint density at radius 1 is 0.850 bits per heavy atom. The molecule has 2 N–H and O–H groups in total. The molecule has 0 radical (unpaired) electrons. The molecule has 0 bridgehead atoms. The minimum Gasteiger partial charge on any atom is -0.396 e. The van der Waals surface area contributed by atoms with Gasteiger partial charge in [0.25, 0.3) is 0 Å². The van der Waals surface area contributed by atoms with Crippen molar-refractivity contribution < 1.29 is 9.90 Å². The zero-order chi connectivity index (χ0) is 15.1. The van der Waals surface area contributed by atoms with Crippen LogP contribution in [0.15, 0.2) is 12.2 Å². The van der Waals surface area contributed by atoms with Crippen LogP contribution in [-0.2, 0) is 4.79 Å². The number of aliphatic hydroxyl groups is 1. The van der Waals surface area contributed by atoms with E-state index in [4.69, 9.17) is 5.11 Å². The number of hydrogen-bond donors (Lipinski definition) is 2. The average molecular weight is 283 g/mol. The summed E-state index contributed by atoms with van der Waals surface area (Å²) in [6.07, 6.45) is 13.6. The molecule has 0 unspecified atom stereocenters. The van der Waals surface area contributed by atoms with Crippen LogP contribution in [0.25, 0.3) is 0 Å². The van der Waals surface area contributed by atoms with Crippen molar-refractivity contribution >= 4 is 5.91 Å². The summed E-state index contributed by atoms with van der Waals surface area (Å²) in [5, 5.41) is 11.5. The van der Waals surface area contributed by atoms with Gasteiger partial charge >= 0.3 is 0 Å². The van der Waals surface area contributed by atoms with Crippen LogP contribution in [0.5, 0.6) is 0 Å². The summed E-state index contributed by atoms with van der Waals surface area (Å²) in [5.74, 6) is -0.0220. The lowest BCUT2D eigenvalue weighted by molar-refractivity contribution is -0.117. The van der Waals surface area contributed by atoms with Crippen molar-refractivity contribution in [3.05, 3.63) is 12.2 Å². The summed E-state index contributed by atoms with van der Waals surface area (Å²) >= 11 is 0. The van der Waals surface area contributed by atoms with Gasteiger partial charge < -0.3 is 10.4 Å². The van der Waals surface area contributed by atoms with Crippen molar-refractivity contribution in [2.24, 2.45) is 0 Å². The Morgan fingerprint density at radius 2 is 1.25 bits per heavy atom. The van der Waals surface area contributed by atoms with Crippen LogP contribution in [-0.4, -0.2) is 24.2 Å². The number of hydrogen-bond acceptors (Lipinski definition) is 2. The minimum absolute atomic E-state index is 0.0220. The number of unbranched alkanes of at least 4 members (excludes halogenated alkanes) is 10. The maximum absolute atomic E-state index is 11.2. The molecule has 0 aromatic carbocycles. The molecule has 0 saturated carbocycles. The van der Waals surface area contributed by atoms with Crippen molar-refractivity contribution in [3.63, 3.8) is 0 Å². The van der Waals surface area contributed by atoms with Gasteiger partial charge in [-0.05, 0) is 19.8 Å². The molecule has 0 aliphatic rings. The Hall–Kier alpha value is -0.830. The summed E-state index contributed by atoms with van der Waals surface area (Å²) in [6.45, 7) is 6.46. The zero-order valence-corrected chi connectivity index (χ0v) is 13.3. The van der Waals surface area contributed by atoms with E-state index in [1.165, 1.54) is 57.8 Å². The highest BCUT2D eigenvalue weighted by atomic mass is 16.2. The van der Waals surface area contributed by atoms with Gasteiger partial charge in [0.15, 0.2) is 0 Å². The molecule has 0 aromatic rings. The summed E-state index contributed by atoms with van der Waals surface area (Å²) in [5.41, 5.74) is 0.587. The first-order valence-corrected chi connectivity index (χ1v) is 8.23. The number of nitrogens with one attached hydrogen (secondary N) is 1. The van der Waals surface area contributed by atoms with Crippen LogP contribution in [0.3, 0.4) is 0 Å². The maximum Gasteiger partial charge on any atom is 0.246 e. The highest BCUT2D eigenvalue weighted by Gasteiger charge is 1.99. The van der Waals surface area contributed by atoms with Crippen LogP contribution in [0.4, 0.5) is 0 Å². The smallest absolute Gasteiger partial charge is 0.246 e. The molecule has 0 aliphatic carbocycles. The lowest BCUT2D eigenvalue weighted by Crippen LogP contribution is -2.24. The lowest BCUT2D eigenvalue weighted by Gasteiger charge is -2.05. The van der Waals surface area contributed by atoms with Gasteiger partial charge in [0.1, 0.15) is 0 Å². The third kappa shape index (κ3) is 13.6. The number of rotatable bonds is 14. The van der Waals surface area contributed by atoms with Gasteiger partial charge in [-0.1, -0.05) is 64.4 Å². The summed E-state index contributed by atoms with van der Waals surface area (Å²) in [6, 6.07) is 0. The summed E-state index contributed by atoms with van der Waals surface area (Å²) in [7, 11) is 0. The van der Waals surface area contributed by atoms with Gasteiger partial charge in [-0.2, -0.15) is 0 Å². The van der Waals surface area contributed by atoms with E-state index in [0.717, 1.165) is 19.4 Å². The molecule has 0 spiro atoms. The van der Waals surface area contributed by atoms with Crippen LogP contribution in [0, 0.1) is 0 Å². The van der Waals surface area contributed by atoms with E-state index in [2.05, 4.69) is 11.9 Å². The molecular weight excluding hydrogens is 250 g/mol. The van der Waals surface area contributed by atoms with E-state index >= 15 is 0 Å². The second-order valence-corrected chi connectivity index (χ2v) is 5.65. The van der Waals surface area contributed by atoms with Gasteiger partial charge in [0, 0.05) is 18.7 Å². The Bertz CT molecular complexity index is 251. The Labute approximate surface area is 124 Å². The minimum atomic E-state index is -0.0220. The molecule has 0 rings (SSSR count). The molecular formula is C17H33NO2. The molecule has 0 heterocycles. The van der Waals surface area contributed by atoms with Crippen LogP contribution < -0.4 is 5.32 Å². The fourth-order valence-corrected chi connectivity index (χ4v) is 2.18. The lowest BCUT2D eigenvalue weighted by atomic mass is 10.1. The van der Waals surface area contributed by atoms with Crippen molar-refractivity contribution in [2.45, 2.75) is 77.6 Å². The second-order valence-electron chi connectivity index (χ2n) is 5.65. The number of amides is 1. The van der Waals surface area contributed by atoms with E-state index in [1.807, 2.05) is 0 Å². The standard InChI is InChI=1S/C17H33NO2/c1-16(2)17(20)18-14-12-10-8-6-4-3-5-7-9-11-13-15-19/h19H,1,3-15H2,2H3,(H,18,20). The highest BCUT2D eigenvalue weighted by molar-refractivity contribution is 5.91. The first kappa shape index (κ1) is 19.2. The van der Waals surface area contributed by atoms with Gasteiger partial charge in [-0.25, -0.2) is 0 Å². The first-order chi connectivity index (χ1) is 9.68. The summed E-state index contributed by atoms with van der Waals surface area (Å²) in [4.78, 5) is 11.2. The Balaban J connectivity index is 3.06. The third-order valence-corrected chi connectivity index (χ3v) is 3.51. The van der Waals surface area contributed by atoms with Crippen LogP contribution in [0.2, 0.25) is 0 Å². The predicted molar refractivity (Wildman–Crippen MR) is 85.7 cm³/mol. The van der Waals surface area contributed by atoms with Crippen molar-refractivity contribution in [1.29, 1.82) is 0 Å². The quantitative estimate of drug-likeness (QED) is 0.374. The number of carbonyl (C=O) groups is 1. The van der Waals surface area contributed by atoms with Gasteiger partial charge in [0.2, 0.25) is 5.91 Å².